The first-order chi connectivity index (χ1) is 13.5. The molecule has 5 nitrogen and oxygen atoms in total. The highest BCUT2D eigenvalue weighted by Gasteiger charge is 2.27. The van der Waals surface area contributed by atoms with Crippen LogP contribution in [-0.2, 0) is 19.1 Å². The number of allylic oxidation sites excluding steroid dienone is 2. The topological polar surface area (TPSA) is 55.8 Å². The number of nitrogens with zero attached hydrogens (tertiary/aromatic N) is 1. The molecule has 0 aromatic heterocycles. The number of benzene rings is 2. The summed E-state index contributed by atoms with van der Waals surface area (Å²) in [7, 11) is 2.53. The first-order valence-electron chi connectivity index (χ1n) is 8.46. The summed E-state index contributed by atoms with van der Waals surface area (Å²) < 4.78 is 9.76. The standard InChI is InChI=1S/C22H18ClNO4/c1-27-21(25)19-11-3-4-12-24(20(19)22(26)28-2)18-10-6-8-16(14-18)15-7-5-9-17(23)13-15/h3-14H,1-2H3. The third-order valence-electron chi connectivity index (χ3n) is 4.17. The third-order valence-corrected chi connectivity index (χ3v) is 4.41. The van der Waals surface area contributed by atoms with Gasteiger partial charge in [0.25, 0.3) is 0 Å². The van der Waals surface area contributed by atoms with E-state index in [1.54, 1.807) is 29.3 Å². The minimum absolute atomic E-state index is 0.0718. The predicted octanol–water partition coefficient (Wildman–Crippen LogP) is 4.50. The van der Waals surface area contributed by atoms with Crippen LogP contribution < -0.4 is 4.90 Å². The SMILES string of the molecule is COC(=O)C1=C(C(=O)OC)N(c2cccc(-c3cccc(Cl)c3)c2)C=CC=C1. The summed E-state index contributed by atoms with van der Waals surface area (Å²) >= 11 is 6.11. The highest BCUT2D eigenvalue weighted by molar-refractivity contribution is 6.30. The van der Waals surface area contributed by atoms with Crippen LogP contribution >= 0.6 is 11.6 Å². The Labute approximate surface area is 168 Å². The fourth-order valence-electron chi connectivity index (χ4n) is 2.87. The number of methoxy groups -OCH3 is 2. The second-order valence-corrected chi connectivity index (χ2v) is 6.31. The molecule has 0 N–H and O–H groups in total. The smallest absolute Gasteiger partial charge is 0.355 e. The van der Waals surface area contributed by atoms with Crippen LogP contribution in [0, 0.1) is 0 Å². The number of rotatable bonds is 4. The molecule has 0 saturated heterocycles. The van der Waals surface area contributed by atoms with Crippen LogP contribution in [0.1, 0.15) is 0 Å². The van der Waals surface area contributed by atoms with E-state index < -0.39 is 11.9 Å². The second kappa shape index (κ2) is 8.59. The van der Waals surface area contributed by atoms with E-state index in [0.717, 1.165) is 11.1 Å². The monoisotopic (exact) mass is 395 g/mol. The third kappa shape index (κ3) is 4.00. The van der Waals surface area contributed by atoms with Gasteiger partial charge in [0, 0.05) is 16.9 Å². The Morgan fingerprint density at radius 2 is 1.57 bits per heavy atom. The summed E-state index contributed by atoms with van der Waals surface area (Å²) in [5, 5.41) is 0.630. The Kier molecular flexibility index (Phi) is 5.96. The van der Waals surface area contributed by atoms with Crippen molar-refractivity contribution >= 4 is 29.2 Å². The van der Waals surface area contributed by atoms with Crippen molar-refractivity contribution in [3.05, 3.63) is 89.3 Å². The van der Waals surface area contributed by atoms with E-state index in [-0.39, 0.29) is 11.3 Å². The fraction of sp³-hybridized carbons (Fsp3) is 0.0909. The zero-order chi connectivity index (χ0) is 20.1. The molecule has 0 aliphatic carbocycles. The van der Waals surface area contributed by atoms with Gasteiger partial charge >= 0.3 is 11.9 Å². The molecule has 142 valence electrons. The van der Waals surface area contributed by atoms with Crippen LogP contribution in [0.25, 0.3) is 11.1 Å². The molecule has 0 spiro atoms. The number of hydrogen-bond acceptors (Lipinski definition) is 5. The van der Waals surface area contributed by atoms with E-state index >= 15 is 0 Å². The Balaban J connectivity index is 2.14. The van der Waals surface area contributed by atoms with E-state index in [2.05, 4.69) is 0 Å². The minimum Gasteiger partial charge on any atom is -0.465 e. The van der Waals surface area contributed by atoms with E-state index in [1.807, 2.05) is 42.5 Å². The van der Waals surface area contributed by atoms with Crippen molar-refractivity contribution < 1.29 is 19.1 Å². The summed E-state index contributed by atoms with van der Waals surface area (Å²) in [4.78, 5) is 26.4. The number of ether oxygens (including phenoxy) is 2. The molecule has 2 aromatic carbocycles. The molecule has 0 amide bonds. The van der Waals surface area contributed by atoms with E-state index in [0.29, 0.717) is 10.7 Å². The summed E-state index contributed by atoms with van der Waals surface area (Å²) in [6.45, 7) is 0. The summed E-state index contributed by atoms with van der Waals surface area (Å²) in [6.07, 6.45) is 6.60. The maximum absolute atomic E-state index is 12.5. The lowest BCUT2D eigenvalue weighted by Gasteiger charge is -2.23. The molecule has 0 unspecified atom stereocenters. The zero-order valence-electron chi connectivity index (χ0n) is 15.4. The lowest BCUT2D eigenvalue weighted by molar-refractivity contribution is -0.139. The number of carbonyl (C=O) groups is 2. The fourth-order valence-corrected chi connectivity index (χ4v) is 3.06. The molecule has 0 radical (unpaired) electrons. The van der Waals surface area contributed by atoms with Crippen LogP contribution in [0.5, 0.6) is 0 Å². The molecular weight excluding hydrogens is 378 g/mol. The van der Waals surface area contributed by atoms with Crippen LogP contribution in [0.15, 0.2) is 84.2 Å². The average molecular weight is 396 g/mol. The molecule has 3 rings (SSSR count). The largest absolute Gasteiger partial charge is 0.465 e. The molecule has 1 aliphatic heterocycles. The van der Waals surface area contributed by atoms with E-state index in [9.17, 15) is 9.59 Å². The average Bonchev–Trinajstić information content (AvgIpc) is 2.95. The number of esters is 2. The maximum atomic E-state index is 12.5. The van der Waals surface area contributed by atoms with E-state index in [4.69, 9.17) is 21.1 Å². The normalized spacial score (nSPS) is 13.3. The van der Waals surface area contributed by atoms with Crippen LogP contribution in [0.3, 0.4) is 0 Å². The highest BCUT2D eigenvalue weighted by atomic mass is 35.5. The molecular formula is C22H18ClNO4. The highest BCUT2D eigenvalue weighted by Crippen LogP contribution is 2.31. The number of anilines is 1. The van der Waals surface area contributed by atoms with Crippen molar-refractivity contribution in [2.75, 3.05) is 19.1 Å². The molecule has 1 aliphatic rings. The van der Waals surface area contributed by atoms with Gasteiger partial charge in [-0.2, -0.15) is 0 Å². The molecule has 0 bridgehead atoms. The van der Waals surface area contributed by atoms with Crippen molar-refractivity contribution in [3.8, 4) is 11.1 Å². The number of halogens is 1. The Morgan fingerprint density at radius 3 is 2.25 bits per heavy atom. The number of hydrogen-bond donors (Lipinski definition) is 0. The molecule has 0 atom stereocenters. The molecule has 2 aromatic rings. The predicted molar refractivity (Wildman–Crippen MR) is 109 cm³/mol. The van der Waals surface area contributed by atoms with Gasteiger partial charge in [-0.15, -0.1) is 0 Å². The van der Waals surface area contributed by atoms with E-state index in [1.165, 1.54) is 20.3 Å². The van der Waals surface area contributed by atoms with Gasteiger partial charge in [-0.1, -0.05) is 41.9 Å². The first kappa shape index (κ1) is 19.5. The zero-order valence-corrected chi connectivity index (χ0v) is 16.1. The van der Waals surface area contributed by atoms with Crippen molar-refractivity contribution in [1.29, 1.82) is 0 Å². The maximum Gasteiger partial charge on any atom is 0.355 e. The Morgan fingerprint density at radius 1 is 0.893 bits per heavy atom. The quantitative estimate of drug-likeness (QED) is 0.713. The van der Waals surface area contributed by atoms with Gasteiger partial charge in [0.1, 0.15) is 5.70 Å². The molecule has 28 heavy (non-hydrogen) atoms. The lowest BCUT2D eigenvalue weighted by atomic mass is 10.0. The summed E-state index contributed by atoms with van der Waals surface area (Å²) in [5.74, 6) is -1.28. The molecule has 0 fully saturated rings. The Bertz CT molecular complexity index is 1010. The van der Waals surface area contributed by atoms with Gasteiger partial charge in [-0.3, -0.25) is 0 Å². The van der Waals surface area contributed by atoms with Crippen molar-refractivity contribution in [2.24, 2.45) is 0 Å². The van der Waals surface area contributed by atoms with Crippen LogP contribution in [0.4, 0.5) is 5.69 Å². The Hall–Kier alpha value is -3.31. The van der Waals surface area contributed by atoms with Gasteiger partial charge < -0.3 is 14.4 Å². The minimum atomic E-state index is -0.648. The van der Waals surface area contributed by atoms with Gasteiger partial charge in [0.2, 0.25) is 0 Å². The summed E-state index contributed by atoms with van der Waals surface area (Å²) in [5.41, 5.74) is 2.70. The van der Waals surface area contributed by atoms with Gasteiger partial charge in [0.05, 0.1) is 19.8 Å². The van der Waals surface area contributed by atoms with Gasteiger partial charge in [-0.25, -0.2) is 9.59 Å². The van der Waals surface area contributed by atoms with Crippen molar-refractivity contribution in [1.82, 2.24) is 0 Å². The summed E-state index contributed by atoms with van der Waals surface area (Å²) in [6, 6.07) is 15.0. The van der Waals surface area contributed by atoms with Crippen LogP contribution in [-0.4, -0.2) is 26.2 Å². The van der Waals surface area contributed by atoms with Crippen molar-refractivity contribution in [3.63, 3.8) is 0 Å². The second-order valence-electron chi connectivity index (χ2n) is 5.88. The van der Waals surface area contributed by atoms with Crippen molar-refractivity contribution in [2.45, 2.75) is 0 Å². The van der Waals surface area contributed by atoms with Gasteiger partial charge in [0.15, 0.2) is 0 Å². The first-order valence-corrected chi connectivity index (χ1v) is 8.84. The van der Waals surface area contributed by atoms with Crippen LogP contribution in [0.2, 0.25) is 5.02 Å². The molecule has 1 heterocycles. The number of carbonyl (C=O) groups excluding carboxylic acids is 2. The van der Waals surface area contributed by atoms with Gasteiger partial charge in [-0.05, 0) is 47.5 Å². The molecule has 0 saturated carbocycles. The molecule has 6 heteroatoms. The lowest BCUT2D eigenvalue weighted by Crippen LogP contribution is -2.26.